The minimum Gasteiger partial charge on any atom is -0.435 e. The number of rotatable bonds is 10. The first kappa shape index (κ1) is 34.4. The van der Waals surface area contributed by atoms with E-state index in [0.717, 1.165) is 30.2 Å². The van der Waals surface area contributed by atoms with Gasteiger partial charge in [-0.1, -0.05) is 43.3 Å². The molecule has 0 aromatic heterocycles. The molecule has 5 atom stereocenters. The van der Waals surface area contributed by atoms with Crippen molar-refractivity contribution in [3.05, 3.63) is 70.3 Å². The van der Waals surface area contributed by atoms with Crippen LogP contribution in [0.4, 0.5) is 31.9 Å². The van der Waals surface area contributed by atoms with E-state index in [-0.39, 0.29) is 37.4 Å². The normalized spacial score (nSPS) is 21.6. The summed E-state index contributed by atoms with van der Waals surface area (Å²) in [5.74, 6) is 0. The van der Waals surface area contributed by atoms with Crippen LogP contribution >= 0.6 is 0 Å². The fraction of sp³-hybridized carbons (Fsp3) is 0.500. The molecule has 44 heavy (non-hydrogen) atoms. The third-order valence-electron chi connectivity index (χ3n) is 6.53. The lowest BCUT2D eigenvalue weighted by Gasteiger charge is -2.41. The van der Waals surface area contributed by atoms with Gasteiger partial charge in [-0.15, -0.1) is 0 Å². The van der Waals surface area contributed by atoms with Crippen LogP contribution in [-0.4, -0.2) is 63.0 Å². The zero-order valence-electron chi connectivity index (χ0n) is 24.6. The van der Waals surface area contributed by atoms with Crippen LogP contribution in [0.5, 0.6) is 0 Å². The average molecular weight is 631 g/mol. The summed E-state index contributed by atoms with van der Waals surface area (Å²) >= 11 is 0. The second kappa shape index (κ2) is 15.6. The molecule has 1 saturated heterocycles. The van der Waals surface area contributed by atoms with Gasteiger partial charge in [-0.05, 0) is 61.9 Å². The SMILES string of the molecule is CCOC(=O)O[C@H]1O[C@@H](c2ccc(C(F)(F)F)c(Cc3ccc(CC)cc3)c2)[C@H](OC(=O)OCC)[C@@H](OC(=O)OCC)C1F. The summed E-state index contributed by atoms with van der Waals surface area (Å²) in [6.45, 7) is 5.90. The minimum atomic E-state index is -4.74. The largest absolute Gasteiger partial charge is 0.510 e. The summed E-state index contributed by atoms with van der Waals surface area (Å²) in [6.07, 6.45) is -18.1. The van der Waals surface area contributed by atoms with Gasteiger partial charge in [0.2, 0.25) is 12.5 Å². The summed E-state index contributed by atoms with van der Waals surface area (Å²) in [5.41, 5.74) is 0.417. The zero-order valence-corrected chi connectivity index (χ0v) is 24.6. The minimum absolute atomic E-state index is 0.0331. The quantitative estimate of drug-likeness (QED) is 0.157. The molecule has 0 amide bonds. The molecule has 0 radical (unpaired) electrons. The molecule has 0 bridgehead atoms. The highest BCUT2D eigenvalue weighted by atomic mass is 19.4. The van der Waals surface area contributed by atoms with Gasteiger partial charge >= 0.3 is 24.6 Å². The maximum absolute atomic E-state index is 15.8. The van der Waals surface area contributed by atoms with Crippen molar-refractivity contribution in [2.45, 2.75) is 77.5 Å². The van der Waals surface area contributed by atoms with E-state index in [1.54, 1.807) is 24.3 Å². The Morgan fingerprint density at radius 3 is 1.80 bits per heavy atom. The molecule has 3 rings (SSSR count). The van der Waals surface area contributed by atoms with E-state index < -0.39 is 61.0 Å². The first-order chi connectivity index (χ1) is 20.9. The molecule has 14 heteroatoms. The van der Waals surface area contributed by atoms with Gasteiger partial charge in [-0.2, -0.15) is 13.2 Å². The second-order valence-electron chi connectivity index (χ2n) is 9.46. The van der Waals surface area contributed by atoms with Crippen LogP contribution in [0.3, 0.4) is 0 Å². The third kappa shape index (κ3) is 8.97. The maximum atomic E-state index is 15.8. The van der Waals surface area contributed by atoms with Gasteiger partial charge in [-0.3, -0.25) is 0 Å². The van der Waals surface area contributed by atoms with E-state index in [1.807, 2.05) is 6.92 Å². The van der Waals surface area contributed by atoms with E-state index in [9.17, 15) is 27.6 Å². The molecule has 10 nitrogen and oxygen atoms in total. The van der Waals surface area contributed by atoms with Gasteiger partial charge in [0, 0.05) is 0 Å². The van der Waals surface area contributed by atoms with Gasteiger partial charge in [0.25, 0.3) is 0 Å². The molecule has 0 spiro atoms. The molecule has 0 N–H and O–H groups in total. The Morgan fingerprint density at radius 2 is 1.27 bits per heavy atom. The van der Waals surface area contributed by atoms with Crippen molar-refractivity contribution < 1.29 is 65.1 Å². The zero-order chi connectivity index (χ0) is 32.4. The fourth-order valence-corrected chi connectivity index (χ4v) is 4.53. The Morgan fingerprint density at radius 1 is 0.750 bits per heavy atom. The van der Waals surface area contributed by atoms with Crippen molar-refractivity contribution in [3.8, 4) is 0 Å². The van der Waals surface area contributed by atoms with Crippen LogP contribution in [0.25, 0.3) is 0 Å². The van der Waals surface area contributed by atoms with Crippen LogP contribution in [0.15, 0.2) is 42.5 Å². The van der Waals surface area contributed by atoms with Crippen molar-refractivity contribution in [2.75, 3.05) is 19.8 Å². The van der Waals surface area contributed by atoms with Crippen molar-refractivity contribution in [1.29, 1.82) is 0 Å². The molecule has 242 valence electrons. The van der Waals surface area contributed by atoms with Crippen molar-refractivity contribution in [2.24, 2.45) is 0 Å². The van der Waals surface area contributed by atoms with Crippen LogP contribution in [0, 0.1) is 0 Å². The molecule has 2 aromatic carbocycles. The summed E-state index contributed by atoms with van der Waals surface area (Å²) in [4.78, 5) is 36.7. The van der Waals surface area contributed by atoms with E-state index >= 15 is 4.39 Å². The highest BCUT2D eigenvalue weighted by Crippen LogP contribution is 2.41. The first-order valence-electron chi connectivity index (χ1n) is 14.0. The maximum Gasteiger partial charge on any atom is 0.510 e. The number of halogens is 4. The Labute approximate surface area is 251 Å². The first-order valence-corrected chi connectivity index (χ1v) is 14.0. The number of carbonyl (C=O) groups excluding carboxylic acids is 3. The Balaban J connectivity index is 2.12. The van der Waals surface area contributed by atoms with E-state index in [0.29, 0.717) is 5.56 Å². The Hall–Kier alpha value is -4.07. The van der Waals surface area contributed by atoms with Crippen molar-refractivity contribution >= 4 is 18.5 Å². The highest BCUT2D eigenvalue weighted by molar-refractivity contribution is 5.62. The lowest BCUT2D eigenvalue weighted by Crippen LogP contribution is -2.56. The molecule has 1 heterocycles. The topological polar surface area (TPSA) is 116 Å². The predicted octanol–water partition coefficient (Wildman–Crippen LogP) is 6.85. The summed E-state index contributed by atoms with van der Waals surface area (Å²) in [7, 11) is 0. The number of ether oxygens (including phenoxy) is 7. The van der Waals surface area contributed by atoms with Crippen molar-refractivity contribution in [3.63, 3.8) is 0 Å². The smallest absolute Gasteiger partial charge is 0.435 e. The summed E-state index contributed by atoms with van der Waals surface area (Å²) in [5, 5.41) is 0. The van der Waals surface area contributed by atoms with Gasteiger partial charge in [0.1, 0.15) is 6.10 Å². The number of alkyl halides is 4. The van der Waals surface area contributed by atoms with Crippen LogP contribution in [-0.2, 0) is 52.2 Å². The van der Waals surface area contributed by atoms with E-state index in [4.69, 9.17) is 33.2 Å². The highest BCUT2D eigenvalue weighted by Gasteiger charge is 2.54. The van der Waals surface area contributed by atoms with Crippen LogP contribution in [0.2, 0.25) is 0 Å². The number of hydrogen-bond acceptors (Lipinski definition) is 10. The van der Waals surface area contributed by atoms with E-state index in [2.05, 4.69) is 0 Å². The number of benzene rings is 2. The van der Waals surface area contributed by atoms with Gasteiger partial charge in [-0.25, -0.2) is 18.8 Å². The van der Waals surface area contributed by atoms with Crippen molar-refractivity contribution in [1.82, 2.24) is 0 Å². The van der Waals surface area contributed by atoms with E-state index in [1.165, 1.54) is 20.8 Å². The Bertz CT molecular complexity index is 1270. The molecule has 2 aromatic rings. The predicted molar refractivity (Wildman–Crippen MR) is 144 cm³/mol. The monoisotopic (exact) mass is 630 g/mol. The molecular weight excluding hydrogens is 596 g/mol. The molecule has 1 unspecified atom stereocenters. The standard InChI is InChI=1S/C30H34F4O10/c1-5-17-9-11-18(12-10-17)15-20-16-19(13-14-21(20)30(32,33)34)23-25(43-28(36)39-7-3)24(42-27(35)38-6-2)22(31)26(41-23)44-29(37)40-8-4/h9-14,16,22-26H,5-8,15H2,1-4H3/t22?,23-,24-,25-,26+/m0/s1. The lowest BCUT2D eigenvalue weighted by molar-refractivity contribution is -0.274. The molecular formula is C30H34F4O10. The van der Waals surface area contributed by atoms with Gasteiger partial charge in [0.05, 0.1) is 25.4 Å². The summed E-state index contributed by atoms with van der Waals surface area (Å²) < 4.78 is 93.3. The van der Waals surface area contributed by atoms with Crippen LogP contribution in [0.1, 0.15) is 61.6 Å². The van der Waals surface area contributed by atoms with Gasteiger partial charge < -0.3 is 33.2 Å². The molecule has 1 aliphatic rings. The molecule has 0 saturated carbocycles. The molecule has 1 aliphatic heterocycles. The molecule has 0 aliphatic carbocycles. The van der Waals surface area contributed by atoms with Gasteiger partial charge in [0.15, 0.2) is 12.2 Å². The molecule has 1 fully saturated rings. The summed E-state index contributed by atoms with van der Waals surface area (Å²) in [6, 6.07) is 10.0. The number of aryl methyl sites for hydroxylation is 1. The number of hydrogen-bond donors (Lipinski definition) is 0. The fourth-order valence-electron chi connectivity index (χ4n) is 4.53. The second-order valence-corrected chi connectivity index (χ2v) is 9.46. The lowest BCUT2D eigenvalue weighted by atomic mass is 9.90. The van der Waals surface area contributed by atoms with Crippen LogP contribution < -0.4 is 0 Å². The third-order valence-corrected chi connectivity index (χ3v) is 6.53. The average Bonchev–Trinajstić information content (AvgIpc) is 2.96. The number of carbonyl (C=O) groups is 3. The Kier molecular flexibility index (Phi) is 12.2.